The highest BCUT2D eigenvalue weighted by Crippen LogP contribution is 2.50. The van der Waals surface area contributed by atoms with E-state index in [0.29, 0.717) is 11.3 Å². The topological polar surface area (TPSA) is 154 Å². The third-order valence-corrected chi connectivity index (χ3v) is 6.34. The number of nitrogens with zero attached hydrogens (tertiary/aromatic N) is 2. The Kier molecular flexibility index (Phi) is 4.94. The summed E-state index contributed by atoms with van der Waals surface area (Å²) in [6.45, 7) is 1.57. The first kappa shape index (κ1) is 21.1. The number of carbonyl (C=O) groups excluding carboxylic acids is 3. The number of para-hydroxylation sites is 1. The molecule has 0 saturated carbocycles. The molecule has 0 radical (unpaired) electrons. The van der Waals surface area contributed by atoms with Crippen molar-refractivity contribution in [1.29, 1.82) is 5.26 Å². The van der Waals surface area contributed by atoms with E-state index in [-0.39, 0.29) is 32.8 Å². The van der Waals surface area contributed by atoms with E-state index in [1.165, 1.54) is 0 Å². The van der Waals surface area contributed by atoms with Gasteiger partial charge in [-0.3, -0.25) is 14.2 Å². The third-order valence-electron chi connectivity index (χ3n) is 5.25. The number of anilines is 1. The largest absolute Gasteiger partial charge is 0.466 e. The number of rotatable bonds is 3. The molecule has 2 aromatic rings. The SMILES string of the molecule is CCOC(=O)C1=c2sc(=CC(=O)OC)c(=O)n2C(N)=C(C#N)C12C(=O)Nc1ccccc12. The first-order valence-corrected chi connectivity index (χ1v) is 10.2. The molecule has 0 saturated heterocycles. The molecule has 32 heavy (non-hydrogen) atoms. The van der Waals surface area contributed by atoms with Gasteiger partial charge in [0.15, 0.2) is 0 Å². The van der Waals surface area contributed by atoms with Gasteiger partial charge in [0.1, 0.15) is 26.5 Å². The number of methoxy groups -OCH3 is 1. The second-order valence-electron chi connectivity index (χ2n) is 6.80. The van der Waals surface area contributed by atoms with Crippen LogP contribution < -0.4 is 25.8 Å². The molecule has 2 aliphatic heterocycles. The van der Waals surface area contributed by atoms with Crippen LogP contribution in [0.5, 0.6) is 0 Å². The molecule has 11 heteroatoms. The number of hydrogen-bond acceptors (Lipinski definition) is 9. The van der Waals surface area contributed by atoms with E-state index in [1.54, 1.807) is 31.2 Å². The highest BCUT2D eigenvalue weighted by molar-refractivity contribution is 7.07. The number of thiazole rings is 1. The number of benzene rings is 1. The normalized spacial score (nSPS) is 19.3. The van der Waals surface area contributed by atoms with Gasteiger partial charge in [-0.05, 0) is 13.0 Å². The maximum Gasteiger partial charge on any atom is 0.338 e. The van der Waals surface area contributed by atoms with E-state index in [9.17, 15) is 24.4 Å². The molecule has 0 aliphatic carbocycles. The second kappa shape index (κ2) is 7.51. The van der Waals surface area contributed by atoms with Gasteiger partial charge >= 0.3 is 11.9 Å². The van der Waals surface area contributed by atoms with Gasteiger partial charge in [-0.2, -0.15) is 5.26 Å². The standard InChI is InChI=1S/C21H16N4O6S/c1-3-31-19(28)15-18-25(17(27)13(32-18)8-14(26)30-2)16(23)11(9-22)21(15)10-6-4-5-7-12(10)24-20(21)29/h4-8H,3,23H2,1-2H3,(H,24,29). The lowest BCUT2D eigenvalue weighted by Crippen LogP contribution is -2.50. The third kappa shape index (κ3) is 2.63. The van der Waals surface area contributed by atoms with Crippen LogP contribution >= 0.6 is 11.3 Å². The molecule has 0 fully saturated rings. The van der Waals surface area contributed by atoms with E-state index < -0.39 is 28.8 Å². The van der Waals surface area contributed by atoms with Crippen molar-refractivity contribution in [2.75, 3.05) is 19.0 Å². The van der Waals surface area contributed by atoms with Crippen molar-refractivity contribution in [2.45, 2.75) is 12.3 Å². The summed E-state index contributed by atoms with van der Waals surface area (Å²) in [5.41, 5.74) is 3.81. The van der Waals surface area contributed by atoms with Crippen LogP contribution in [0.2, 0.25) is 0 Å². The Hall–Kier alpha value is -4.17. The van der Waals surface area contributed by atoms with Crippen molar-refractivity contribution < 1.29 is 23.9 Å². The van der Waals surface area contributed by atoms with Gasteiger partial charge in [0.2, 0.25) is 5.91 Å². The molecule has 3 heterocycles. The predicted octanol–water partition coefficient (Wildman–Crippen LogP) is -0.868. The van der Waals surface area contributed by atoms with Crippen LogP contribution in [0.1, 0.15) is 12.5 Å². The molecule has 3 N–H and O–H groups in total. The molecule has 0 bridgehead atoms. The summed E-state index contributed by atoms with van der Waals surface area (Å²) in [6.07, 6.45) is 0.954. The van der Waals surface area contributed by atoms with Crippen LogP contribution in [0, 0.1) is 11.3 Å². The quantitative estimate of drug-likeness (QED) is 0.570. The average molecular weight is 452 g/mol. The van der Waals surface area contributed by atoms with Crippen LogP contribution in [-0.4, -0.2) is 36.1 Å². The summed E-state index contributed by atoms with van der Waals surface area (Å²) >= 11 is 0.774. The van der Waals surface area contributed by atoms with Gasteiger partial charge in [0.25, 0.3) is 5.56 Å². The summed E-state index contributed by atoms with van der Waals surface area (Å²) in [4.78, 5) is 51.4. The number of aromatic nitrogens is 1. The van der Waals surface area contributed by atoms with E-state index in [0.717, 1.165) is 29.1 Å². The Balaban J connectivity index is 2.27. The minimum atomic E-state index is -1.92. The average Bonchev–Trinajstić information content (AvgIpc) is 3.23. The van der Waals surface area contributed by atoms with Crippen molar-refractivity contribution in [3.8, 4) is 6.07 Å². The van der Waals surface area contributed by atoms with Crippen molar-refractivity contribution >= 4 is 52.3 Å². The molecule has 1 unspecified atom stereocenters. The highest BCUT2D eigenvalue weighted by Gasteiger charge is 2.59. The second-order valence-corrected chi connectivity index (χ2v) is 7.83. The van der Waals surface area contributed by atoms with E-state index >= 15 is 0 Å². The molecule has 1 amide bonds. The fraction of sp³-hybridized carbons (Fsp3) is 0.190. The number of nitrogens with two attached hydrogens (primary N) is 1. The number of esters is 2. The van der Waals surface area contributed by atoms with Gasteiger partial charge in [0.05, 0.1) is 24.9 Å². The van der Waals surface area contributed by atoms with Gasteiger partial charge in [-0.1, -0.05) is 18.2 Å². The van der Waals surface area contributed by atoms with Crippen LogP contribution in [-0.2, 0) is 29.3 Å². The Morgan fingerprint density at radius 2 is 2.06 bits per heavy atom. The van der Waals surface area contributed by atoms with E-state index in [4.69, 9.17) is 10.5 Å². The first-order valence-electron chi connectivity index (χ1n) is 9.37. The number of fused-ring (bicyclic) bond motifs is 3. The van der Waals surface area contributed by atoms with E-state index in [2.05, 4.69) is 10.1 Å². The summed E-state index contributed by atoms with van der Waals surface area (Å²) in [5, 5.41) is 12.7. The van der Waals surface area contributed by atoms with Gasteiger partial charge in [-0.15, -0.1) is 11.3 Å². The van der Waals surface area contributed by atoms with E-state index in [1.807, 2.05) is 6.07 Å². The van der Waals surface area contributed by atoms with Crippen molar-refractivity contribution in [3.63, 3.8) is 0 Å². The van der Waals surface area contributed by atoms with Crippen LogP contribution in [0.4, 0.5) is 5.69 Å². The van der Waals surface area contributed by atoms with Gasteiger partial charge in [-0.25, -0.2) is 9.59 Å². The Bertz CT molecular complexity index is 1460. The maximum absolute atomic E-state index is 13.4. The highest BCUT2D eigenvalue weighted by atomic mass is 32.1. The summed E-state index contributed by atoms with van der Waals surface area (Å²) < 4.78 is 10.7. The lowest BCUT2D eigenvalue weighted by Gasteiger charge is -2.32. The van der Waals surface area contributed by atoms with Crippen molar-refractivity contribution in [1.82, 2.24) is 4.57 Å². The molecule has 4 rings (SSSR count). The molecule has 10 nitrogen and oxygen atoms in total. The summed E-state index contributed by atoms with van der Waals surface area (Å²) in [5.74, 6) is -2.67. The Morgan fingerprint density at radius 1 is 1.34 bits per heavy atom. The number of amides is 1. The molecule has 1 atom stereocenters. The lowest BCUT2D eigenvalue weighted by molar-refractivity contribution is -0.137. The van der Waals surface area contributed by atoms with Gasteiger partial charge in [0, 0.05) is 17.3 Å². The Labute approximate surface area is 184 Å². The number of nitriles is 1. The Morgan fingerprint density at radius 3 is 2.72 bits per heavy atom. The zero-order valence-corrected chi connectivity index (χ0v) is 17.7. The number of carbonyl (C=O) groups is 3. The number of hydrogen-bond donors (Lipinski definition) is 2. The molecule has 162 valence electrons. The minimum absolute atomic E-state index is 0.00745. The fourth-order valence-electron chi connectivity index (χ4n) is 3.96. The molecule has 1 spiro atoms. The van der Waals surface area contributed by atoms with Crippen LogP contribution in [0.15, 0.2) is 34.6 Å². The number of nitrogens with one attached hydrogen (secondary N) is 1. The van der Waals surface area contributed by atoms with Crippen LogP contribution in [0.3, 0.4) is 0 Å². The summed E-state index contributed by atoms with van der Waals surface area (Å²) in [7, 11) is 1.15. The molecular weight excluding hydrogens is 436 g/mol. The van der Waals surface area contributed by atoms with Crippen molar-refractivity contribution in [3.05, 3.63) is 55.0 Å². The van der Waals surface area contributed by atoms with Crippen molar-refractivity contribution in [2.24, 2.45) is 5.73 Å². The maximum atomic E-state index is 13.4. The minimum Gasteiger partial charge on any atom is -0.466 e. The lowest BCUT2D eigenvalue weighted by atomic mass is 9.68. The summed E-state index contributed by atoms with van der Waals surface area (Å²) in [6, 6.07) is 8.49. The zero-order chi connectivity index (χ0) is 23.2. The first-order chi connectivity index (χ1) is 15.3. The molecular formula is C21H16N4O6S. The van der Waals surface area contributed by atoms with Gasteiger partial charge < -0.3 is 20.5 Å². The van der Waals surface area contributed by atoms with Crippen LogP contribution in [0.25, 0.3) is 17.5 Å². The predicted molar refractivity (Wildman–Crippen MR) is 114 cm³/mol. The molecule has 1 aromatic heterocycles. The number of ether oxygens (including phenoxy) is 2. The smallest absolute Gasteiger partial charge is 0.338 e. The monoisotopic (exact) mass is 452 g/mol. The zero-order valence-electron chi connectivity index (χ0n) is 16.9. The molecule has 2 aliphatic rings. The molecule has 1 aromatic carbocycles. The fourth-order valence-corrected chi connectivity index (χ4v) is 5.12.